The van der Waals surface area contributed by atoms with Crippen LogP contribution in [0, 0.1) is 0 Å². The number of aliphatic carboxylic acids is 1. The fraction of sp³-hybridized carbons (Fsp3) is 0.667. The number of likely N-dealkylation sites (N-methyl/N-ethyl adjacent to an activating group) is 1. The van der Waals surface area contributed by atoms with Crippen LogP contribution >= 0.6 is 0 Å². The second kappa shape index (κ2) is 5.76. The van der Waals surface area contributed by atoms with Gasteiger partial charge in [0.25, 0.3) is 0 Å². The third kappa shape index (κ3) is 4.00. The molecule has 0 aliphatic rings. The third-order valence-corrected chi connectivity index (χ3v) is 2.37. The standard InChI is InChI=1S/C9H14F3N3O4/c1-3-15(4-5(13)16)7(19)14-8(2,6(17)18)9(10,11)12/h3-4H2,1-2H3,(H2,13,16)(H,14,19)(H,17,18). The van der Waals surface area contributed by atoms with Crippen molar-refractivity contribution in [3.8, 4) is 0 Å². The van der Waals surface area contributed by atoms with Crippen molar-refractivity contribution < 1.29 is 32.7 Å². The number of rotatable bonds is 5. The lowest BCUT2D eigenvalue weighted by atomic mass is 10.0. The van der Waals surface area contributed by atoms with Crippen LogP contribution in [-0.2, 0) is 9.59 Å². The van der Waals surface area contributed by atoms with E-state index in [1.807, 2.05) is 0 Å². The monoisotopic (exact) mass is 285 g/mol. The van der Waals surface area contributed by atoms with Crippen molar-refractivity contribution in [2.45, 2.75) is 25.6 Å². The van der Waals surface area contributed by atoms with Crippen LogP contribution in [0.5, 0.6) is 0 Å². The minimum Gasteiger partial charge on any atom is -0.479 e. The number of carbonyl (C=O) groups is 3. The quantitative estimate of drug-likeness (QED) is 0.655. The van der Waals surface area contributed by atoms with Crippen molar-refractivity contribution in [3.05, 3.63) is 0 Å². The maximum atomic E-state index is 12.6. The highest BCUT2D eigenvalue weighted by Gasteiger charge is 2.58. The molecule has 19 heavy (non-hydrogen) atoms. The van der Waals surface area contributed by atoms with Gasteiger partial charge in [-0.3, -0.25) is 4.79 Å². The number of hydrogen-bond donors (Lipinski definition) is 3. The van der Waals surface area contributed by atoms with Crippen molar-refractivity contribution in [3.63, 3.8) is 0 Å². The Morgan fingerprint density at radius 1 is 1.32 bits per heavy atom. The molecule has 3 amide bonds. The zero-order valence-corrected chi connectivity index (χ0v) is 10.2. The maximum Gasteiger partial charge on any atom is 0.422 e. The van der Waals surface area contributed by atoms with Gasteiger partial charge in [0.15, 0.2) is 0 Å². The van der Waals surface area contributed by atoms with E-state index < -0.39 is 36.2 Å². The lowest BCUT2D eigenvalue weighted by Gasteiger charge is -2.31. The van der Waals surface area contributed by atoms with Gasteiger partial charge in [0, 0.05) is 6.54 Å². The van der Waals surface area contributed by atoms with Crippen LogP contribution in [0.3, 0.4) is 0 Å². The topological polar surface area (TPSA) is 113 Å². The SMILES string of the molecule is CCN(CC(N)=O)C(=O)NC(C)(C(=O)O)C(F)(F)F. The van der Waals surface area contributed by atoms with Crippen LogP contribution in [0.15, 0.2) is 0 Å². The molecule has 1 unspecified atom stereocenters. The van der Waals surface area contributed by atoms with Gasteiger partial charge in [-0.1, -0.05) is 0 Å². The molecule has 10 heteroatoms. The molecule has 7 nitrogen and oxygen atoms in total. The van der Waals surface area contributed by atoms with E-state index in [9.17, 15) is 27.6 Å². The smallest absolute Gasteiger partial charge is 0.422 e. The lowest BCUT2D eigenvalue weighted by Crippen LogP contribution is -2.64. The average Bonchev–Trinajstić information content (AvgIpc) is 2.23. The number of nitrogens with zero attached hydrogens (tertiary/aromatic N) is 1. The van der Waals surface area contributed by atoms with Gasteiger partial charge in [0.1, 0.15) is 6.54 Å². The van der Waals surface area contributed by atoms with E-state index in [4.69, 9.17) is 10.8 Å². The summed E-state index contributed by atoms with van der Waals surface area (Å²) in [4.78, 5) is 33.5. The molecular weight excluding hydrogens is 271 g/mol. The van der Waals surface area contributed by atoms with E-state index >= 15 is 0 Å². The molecule has 0 aromatic heterocycles. The zero-order valence-electron chi connectivity index (χ0n) is 10.2. The highest BCUT2D eigenvalue weighted by Crippen LogP contribution is 2.30. The Balaban J connectivity index is 5.12. The molecule has 0 aliphatic carbocycles. The minimum absolute atomic E-state index is 0.109. The van der Waals surface area contributed by atoms with Crippen LogP contribution in [0.1, 0.15) is 13.8 Å². The lowest BCUT2D eigenvalue weighted by molar-refractivity contribution is -0.203. The highest BCUT2D eigenvalue weighted by molar-refractivity contribution is 5.88. The summed E-state index contributed by atoms with van der Waals surface area (Å²) in [7, 11) is 0. The van der Waals surface area contributed by atoms with Gasteiger partial charge in [0.2, 0.25) is 11.4 Å². The molecule has 0 aromatic carbocycles. The van der Waals surface area contributed by atoms with Crippen LogP contribution in [0.4, 0.5) is 18.0 Å². The molecule has 0 saturated carbocycles. The number of urea groups is 1. The Hall–Kier alpha value is -2.00. The molecular formula is C9H14F3N3O4. The summed E-state index contributed by atoms with van der Waals surface area (Å²) in [6.45, 7) is 0.984. The van der Waals surface area contributed by atoms with Gasteiger partial charge >= 0.3 is 18.2 Å². The van der Waals surface area contributed by atoms with E-state index in [0.717, 1.165) is 0 Å². The van der Waals surface area contributed by atoms with Crippen LogP contribution in [0.25, 0.3) is 0 Å². The molecule has 0 fully saturated rings. The van der Waals surface area contributed by atoms with Crippen molar-refractivity contribution in [2.24, 2.45) is 5.73 Å². The second-order valence-electron chi connectivity index (χ2n) is 3.84. The zero-order chi connectivity index (χ0) is 15.4. The van der Waals surface area contributed by atoms with Gasteiger partial charge in [-0.2, -0.15) is 13.2 Å². The first-order chi connectivity index (χ1) is 8.45. The summed E-state index contributed by atoms with van der Waals surface area (Å²) in [5.41, 5.74) is 1.37. The molecule has 1 atom stereocenters. The third-order valence-electron chi connectivity index (χ3n) is 2.37. The van der Waals surface area contributed by atoms with E-state index in [2.05, 4.69) is 0 Å². The predicted octanol–water partition coefficient (Wildman–Crippen LogP) is -0.0912. The van der Waals surface area contributed by atoms with Crippen LogP contribution in [0.2, 0.25) is 0 Å². The normalized spacial score (nSPS) is 14.4. The molecule has 0 heterocycles. The number of carboxylic acid groups (broad SMARTS) is 1. The largest absolute Gasteiger partial charge is 0.479 e. The van der Waals surface area contributed by atoms with Crippen molar-refractivity contribution >= 4 is 17.9 Å². The van der Waals surface area contributed by atoms with E-state index in [0.29, 0.717) is 11.8 Å². The number of alkyl halides is 3. The van der Waals surface area contributed by atoms with Crippen molar-refractivity contribution in [1.29, 1.82) is 0 Å². The summed E-state index contributed by atoms with van der Waals surface area (Å²) >= 11 is 0. The summed E-state index contributed by atoms with van der Waals surface area (Å²) in [5.74, 6) is -3.19. The molecule has 0 radical (unpaired) electrons. The minimum atomic E-state index is -5.19. The molecule has 0 saturated heterocycles. The highest BCUT2D eigenvalue weighted by atomic mass is 19.4. The molecule has 0 aliphatic heterocycles. The number of carboxylic acids is 1. The summed E-state index contributed by atoms with van der Waals surface area (Å²) in [6, 6.07) is -1.34. The van der Waals surface area contributed by atoms with Gasteiger partial charge in [-0.15, -0.1) is 0 Å². The summed E-state index contributed by atoms with van der Waals surface area (Å²) in [6.07, 6.45) is -5.19. The van der Waals surface area contributed by atoms with Gasteiger partial charge in [-0.25, -0.2) is 9.59 Å². The molecule has 0 bridgehead atoms. The number of primary amides is 1. The fourth-order valence-electron chi connectivity index (χ4n) is 1.05. The Morgan fingerprint density at radius 3 is 2.05 bits per heavy atom. The maximum absolute atomic E-state index is 12.6. The van der Waals surface area contributed by atoms with Crippen LogP contribution < -0.4 is 11.1 Å². The molecule has 110 valence electrons. The molecule has 0 spiro atoms. The second-order valence-corrected chi connectivity index (χ2v) is 3.84. The molecule has 4 N–H and O–H groups in total. The number of nitrogens with one attached hydrogen (secondary N) is 1. The van der Waals surface area contributed by atoms with E-state index in [-0.39, 0.29) is 6.54 Å². The van der Waals surface area contributed by atoms with Gasteiger partial charge < -0.3 is 21.1 Å². The first kappa shape index (κ1) is 17.0. The predicted molar refractivity (Wildman–Crippen MR) is 57.1 cm³/mol. The number of hydrogen-bond acceptors (Lipinski definition) is 3. The summed E-state index contributed by atoms with van der Waals surface area (Å²) in [5, 5.41) is 9.95. The van der Waals surface area contributed by atoms with E-state index in [1.165, 1.54) is 12.2 Å². The Kier molecular flexibility index (Phi) is 5.15. The van der Waals surface area contributed by atoms with E-state index in [1.54, 1.807) is 0 Å². The summed E-state index contributed by atoms with van der Waals surface area (Å²) < 4.78 is 37.9. The average molecular weight is 285 g/mol. The number of halogens is 3. The Morgan fingerprint density at radius 2 is 1.79 bits per heavy atom. The fourth-order valence-corrected chi connectivity index (χ4v) is 1.05. The number of carbonyl (C=O) groups excluding carboxylic acids is 2. The number of amides is 3. The Labute approximate surface area is 106 Å². The van der Waals surface area contributed by atoms with Crippen molar-refractivity contribution in [1.82, 2.24) is 10.2 Å². The number of nitrogens with two attached hydrogens (primary N) is 1. The van der Waals surface area contributed by atoms with Crippen LogP contribution in [-0.4, -0.2) is 52.7 Å². The molecule has 0 rings (SSSR count). The Bertz CT molecular complexity index is 385. The van der Waals surface area contributed by atoms with Gasteiger partial charge in [0.05, 0.1) is 0 Å². The first-order valence-corrected chi connectivity index (χ1v) is 5.11. The van der Waals surface area contributed by atoms with Crippen molar-refractivity contribution in [2.75, 3.05) is 13.1 Å². The van der Waals surface area contributed by atoms with Gasteiger partial charge in [-0.05, 0) is 13.8 Å². The molecule has 0 aromatic rings. The first-order valence-electron chi connectivity index (χ1n) is 5.11.